The number of nitrogens with one attached hydrogen (secondary N) is 2. The van der Waals surface area contributed by atoms with Gasteiger partial charge in [0.1, 0.15) is 0 Å². The van der Waals surface area contributed by atoms with Crippen LogP contribution in [0, 0.1) is 11.3 Å². The van der Waals surface area contributed by atoms with Gasteiger partial charge in [-0.15, -0.1) is 0 Å². The number of aliphatic imine (C=N–C) groups is 1. The topological polar surface area (TPSA) is 48.9 Å². The molecule has 0 saturated carbocycles. The second kappa shape index (κ2) is 9.48. The molecule has 2 unspecified atom stereocenters. The second-order valence-electron chi connectivity index (χ2n) is 7.98. The average Bonchev–Trinajstić information content (AvgIpc) is 2.98. The van der Waals surface area contributed by atoms with Crippen molar-refractivity contribution in [1.29, 1.82) is 0 Å². The molecule has 2 N–H and O–H groups in total. The fraction of sp³-hybridized carbons (Fsp3) is 0.944. The van der Waals surface area contributed by atoms with E-state index in [9.17, 15) is 0 Å². The van der Waals surface area contributed by atoms with Crippen LogP contribution in [0.1, 0.15) is 47.5 Å². The Morgan fingerprint density at radius 1 is 1.13 bits per heavy atom. The molecule has 0 aromatic carbocycles. The molecule has 0 aliphatic carbocycles. The molecule has 1 saturated heterocycles. The van der Waals surface area contributed by atoms with Crippen LogP contribution in [0.5, 0.6) is 0 Å². The molecular weight excluding hydrogens is 288 g/mol. The molecule has 0 radical (unpaired) electrons. The van der Waals surface area contributed by atoms with Crippen molar-refractivity contribution in [3.63, 3.8) is 0 Å². The smallest absolute Gasteiger partial charge is 0.191 e. The van der Waals surface area contributed by atoms with E-state index >= 15 is 0 Å². The van der Waals surface area contributed by atoms with Gasteiger partial charge in [0, 0.05) is 33.3 Å². The molecule has 5 heteroatoms. The Kier molecular flexibility index (Phi) is 8.34. The highest BCUT2D eigenvalue weighted by Crippen LogP contribution is 2.21. The molecule has 0 aromatic heterocycles. The maximum absolute atomic E-state index is 5.60. The van der Waals surface area contributed by atoms with E-state index in [1.165, 1.54) is 25.9 Å². The summed E-state index contributed by atoms with van der Waals surface area (Å²) < 4.78 is 5.60. The van der Waals surface area contributed by atoms with E-state index in [1.54, 1.807) is 7.11 Å². The Morgan fingerprint density at radius 2 is 1.70 bits per heavy atom. The minimum Gasteiger partial charge on any atom is -0.379 e. The van der Waals surface area contributed by atoms with E-state index in [2.05, 4.69) is 55.1 Å². The van der Waals surface area contributed by atoms with E-state index in [0.717, 1.165) is 19.0 Å². The number of methoxy groups -OCH3 is 1. The van der Waals surface area contributed by atoms with Gasteiger partial charge in [-0.3, -0.25) is 9.89 Å². The summed E-state index contributed by atoms with van der Waals surface area (Å²) in [5.74, 6) is 1.50. The lowest BCUT2D eigenvalue weighted by atomic mass is 9.89. The third kappa shape index (κ3) is 6.68. The van der Waals surface area contributed by atoms with Gasteiger partial charge in [-0.05, 0) is 37.3 Å². The highest BCUT2D eigenvalue weighted by Gasteiger charge is 2.26. The molecule has 1 aliphatic rings. The van der Waals surface area contributed by atoms with Gasteiger partial charge in [0.15, 0.2) is 5.96 Å². The lowest BCUT2D eigenvalue weighted by Crippen LogP contribution is -2.50. The third-order valence-corrected chi connectivity index (χ3v) is 4.79. The van der Waals surface area contributed by atoms with Crippen molar-refractivity contribution in [1.82, 2.24) is 15.5 Å². The minimum atomic E-state index is 0.108. The van der Waals surface area contributed by atoms with Crippen molar-refractivity contribution in [2.75, 3.05) is 40.3 Å². The van der Waals surface area contributed by atoms with Crippen LogP contribution < -0.4 is 10.6 Å². The summed E-state index contributed by atoms with van der Waals surface area (Å²) >= 11 is 0. The maximum Gasteiger partial charge on any atom is 0.191 e. The molecule has 1 aliphatic heterocycles. The van der Waals surface area contributed by atoms with Crippen LogP contribution >= 0.6 is 0 Å². The number of guanidine groups is 1. The highest BCUT2D eigenvalue weighted by atomic mass is 16.5. The first-order valence-corrected chi connectivity index (χ1v) is 9.01. The van der Waals surface area contributed by atoms with E-state index in [-0.39, 0.29) is 11.5 Å². The monoisotopic (exact) mass is 326 g/mol. The van der Waals surface area contributed by atoms with Gasteiger partial charge in [0.2, 0.25) is 0 Å². The molecule has 136 valence electrons. The lowest BCUT2D eigenvalue weighted by molar-refractivity contribution is 0.0205. The largest absolute Gasteiger partial charge is 0.379 e. The van der Waals surface area contributed by atoms with Crippen LogP contribution in [-0.2, 0) is 4.74 Å². The fourth-order valence-corrected chi connectivity index (χ4v) is 3.21. The number of hydrogen-bond donors (Lipinski definition) is 2. The summed E-state index contributed by atoms with van der Waals surface area (Å²) in [6.45, 7) is 15.4. The standard InChI is InChI=1S/C18H38N4O/c1-14(2)15(22-10-8-9-11-22)12-20-17(19-6)21-13-16(23-7)18(3,4)5/h14-16H,8-13H2,1-7H3,(H2,19,20,21). The van der Waals surface area contributed by atoms with Gasteiger partial charge in [-0.2, -0.15) is 0 Å². The zero-order chi connectivity index (χ0) is 17.5. The SMILES string of the molecule is CN=C(NCC(C(C)C)N1CCCC1)NCC(OC)C(C)(C)C. The van der Waals surface area contributed by atoms with Crippen LogP contribution in [0.4, 0.5) is 0 Å². The molecule has 23 heavy (non-hydrogen) atoms. The number of nitrogens with zero attached hydrogens (tertiary/aromatic N) is 2. The van der Waals surface area contributed by atoms with Gasteiger partial charge in [0.05, 0.1) is 6.10 Å². The van der Waals surface area contributed by atoms with Crippen molar-refractivity contribution in [3.8, 4) is 0 Å². The molecule has 0 amide bonds. The normalized spacial score (nSPS) is 19.9. The van der Waals surface area contributed by atoms with Crippen molar-refractivity contribution < 1.29 is 4.74 Å². The first-order valence-electron chi connectivity index (χ1n) is 9.01. The van der Waals surface area contributed by atoms with Crippen molar-refractivity contribution in [2.24, 2.45) is 16.3 Å². The summed E-state index contributed by atoms with van der Waals surface area (Å²) in [4.78, 5) is 6.96. The van der Waals surface area contributed by atoms with Gasteiger partial charge in [-0.25, -0.2) is 0 Å². The molecule has 5 nitrogen and oxygen atoms in total. The number of likely N-dealkylation sites (tertiary alicyclic amines) is 1. The molecule has 1 heterocycles. The van der Waals surface area contributed by atoms with Crippen LogP contribution in [-0.4, -0.2) is 63.3 Å². The van der Waals surface area contributed by atoms with E-state index in [1.807, 2.05) is 7.05 Å². The average molecular weight is 327 g/mol. The summed E-state index contributed by atoms with van der Waals surface area (Å²) in [5.41, 5.74) is 0.108. The van der Waals surface area contributed by atoms with E-state index in [0.29, 0.717) is 12.0 Å². The Hall–Kier alpha value is -0.810. The summed E-state index contributed by atoms with van der Waals surface area (Å²) in [6.07, 6.45) is 2.81. The van der Waals surface area contributed by atoms with Crippen LogP contribution in [0.25, 0.3) is 0 Å². The number of hydrogen-bond acceptors (Lipinski definition) is 3. The van der Waals surface area contributed by atoms with Gasteiger partial charge in [0.25, 0.3) is 0 Å². The number of rotatable bonds is 7. The van der Waals surface area contributed by atoms with Crippen molar-refractivity contribution in [2.45, 2.75) is 59.6 Å². The summed E-state index contributed by atoms with van der Waals surface area (Å²) in [6, 6.07) is 0.567. The second-order valence-corrected chi connectivity index (χ2v) is 7.98. The van der Waals surface area contributed by atoms with Crippen molar-refractivity contribution in [3.05, 3.63) is 0 Å². The zero-order valence-corrected chi connectivity index (χ0v) is 16.3. The van der Waals surface area contributed by atoms with Crippen LogP contribution in [0.15, 0.2) is 4.99 Å². The molecular formula is C18H38N4O. The quantitative estimate of drug-likeness (QED) is 0.557. The molecule has 1 fully saturated rings. The van der Waals surface area contributed by atoms with Crippen molar-refractivity contribution >= 4 is 5.96 Å². The first-order chi connectivity index (χ1) is 10.8. The Balaban J connectivity index is 2.49. The molecule has 0 spiro atoms. The fourth-order valence-electron chi connectivity index (χ4n) is 3.21. The van der Waals surface area contributed by atoms with Gasteiger partial charge < -0.3 is 15.4 Å². The zero-order valence-electron chi connectivity index (χ0n) is 16.3. The van der Waals surface area contributed by atoms with Crippen LogP contribution in [0.2, 0.25) is 0 Å². The summed E-state index contributed by atoms with van der Waals surface area (Å²) in [7, 11) is 3.60. The van der Waals surface area contributed by atoms with Crippen LogP contribution in [0.3, 0.4) is 0 Å². The molecule has 1 rings (SSSR count). The predicted octanol–water partition coefficient (Wildman–Crippen LogP) is 2.33. The summed E-state index contributed by atoms with van der Waals surface area (Å²) in [5, 5.41) is 6.91. The minimum absolute atomic E-state index is 0.108. The highest BCUT2D eigenvalue weighted by molar-refractivity contribution is 5.79. The Labute approximate surface area is 143 Å². The predicted molar refractivity (Wildman–Crippen MR) is 99.0 cm³/mol. The Bertz CT molecular complexity index is 357. The molecule has 0 aromatic rings. The van der Waals surface area contributed by atoms with Gasteiger partial charge in [-0.1, -0.05) is 34.6 Å². The lowest BCUT2D eigenvalue weighted by Gasteiger charge is -2.32. The maximum atomic E-state index is 5.60. The van der Waals surface area contributed by atoms with Gasteiger partial charge >= 0.3 is 0 Å². The molecule has 0 bridgehead atoms. The molecule has 2 atom stereocenters. The Morgan fingerprint density at radius 3 is 2.13 bits per heavy atom. The third-order valence-electron chi connectivity index (χ3n) is 4.79. The number of ether oxygens (including phenoxy) is 1. The first kappa shape index (κ1) is 20.2. The van der Waals surface area contributed by atoms with E-state index in [4.69, 9.17) is 4.74 Å². The van der Waals surface area contributed by atoms with E-state index < -0.39 is 0 Å².